The van der Waals surface area contributed by atoms with Gasteiger partial charge in [-0.1, -0.05) is 141 Å². The van der Waals surface area contributed by atoms with Crippen LogP contribution < -0.4 is 17.0 Å². The Balaban J connectivity index is 0.00000840. The van der Waals surface area contributed by atoms with Gasteiger partial charge in [0, 0.05) is 24.7 Å². The SMILES string of the molecule is CCCCCCCCCCCCCCCC[N+](CCBr)(C1CC(C)CCC1C(C)C)C1CC(C)CCC1C(C)C.[Br-]. The zero-order valence-corrected chi connectivity index (χ0v) is 32.3. The average molecular weight is 706 g/mol. The second-order valence-electron chi connectivity index (χ2n) is 15.6. The molecular formula is C38H75Br2N. The molecule has 2 aliphatic carbocycles. The van der Waals surface area contributed by atoms with E-state index in [-0.39, 0.29) is 17.0 Å². The van der Waals surface area contributed by atoms with Gasteiger partial charge >= 0.3 is 0 Å². The van der Waals surface area contributed by atoms with Crippen LogP contribution in [-0.4, -0.2) is 35.0 Å². The average Bonchev–Trinajstić information content (AvgIpc) is 2.92. The van der Waals surface area contributed by atoms with Crippen molar-refractivity contribution >= 4 is 15.9 Å². The van der Waals surface area contributed by atoms with Crippen LogP contribution in [0.4, 0.5) is 0 Å². The summed E-state index contributed by atoms with van der Waals surface area (Å²) in [5, 5.41) is 1.18. The van der Waals surface area contributed by atoms with Crippen LogP contribution in [0, 0.1) is 35.5 Å². The third-order valence-electron chi connectivity index (χ3n) is 11.7. The molecule has 6 unspecified atom stereocenters. The molecule has 0 aromatic rings. The Morgan fingerprint density at radius 3 is 1.27 bits per heavy atom. The predicted molar refractivity (Wildman–Crippen MR) is 184 cm³/mol. The number of rotatable bonds is 21. The molecule has 0 N–H and O–H groups in total. The summed E-state index contributed by atoms with van der Waals surface area (Å²) >= 11 is 4.03. The van der Waals surface area contributed by atoms with E-state index < -0.39 is 0 Å². The lowest BCUT2D eigenvalue weighted by Crippen LogP contribution is -3.00. The van der Waals surface area contributed by atoms with E-state index in [1.165, 1.54) is 151 Å². The van der Waals surface area contributed by atoms with Crippen LogP contribution in [0.2, 0.25) is 0 Å². The summed E-state index contributed by atoms with van der Waals surface area (Å²) in [5.41, 5.74) is 0. The highest BCUT2D eigenvalue weighted by atomic mass is 79.9. The van der Waals surface area contributed by atoms with Gasteiger partial charge in [-0.3, -0.25) is 0 Å². The van der Waals surface area contributed by atoms with Crippen LogP contribution in [0.15, 0.2) is 0 Å². The number of unbranched alkanes of at least 4 members (excludes halogenated alkanes) is 13. The van der Waals surface area contributed by atoms with Gasteiger partial charge in [0.2, 0.25) is 0 Å². The van der Waals surface area contributed by atoms with Gasteiger partial charge in [0.15, 0.2) is 0 Å². The first-order valence-electron chi connectivity index (χ1n) is 18.7. The lowest BCUT2D eigenvalue weighted by Gasteiger charge is -2.59. The third kappa shape index (κ3) is 13.4. The molecular weight excluding hydrogens is 630 g/mol. The molecule has 2 fully saturated rings. The fourth-order valence-corrected chi connectivity index (χ4v) is 9.93. The molecule has 0 bridgehead atoms. The first-order valence-corrected chi connectivity index (χ1v) is 19.8. The molecule has 0 amide bonds. The van der Waals surface area contributed by atoms with Crippen LogP contribution in [0.1, 0.15) is 177 Å². The van der Waals surface area contributed by atoms with Gasteiger partial charge in [-0.25, -0.2) is 0 Å². The van der Waals surface area contributed by atoms with E-state index in [1.807, 2.05) is 0 Å². The number of hydrogen-bond acceptors (Lipinski definition) is 0. The van der Waals surface area contributed by atoms with Gasteiger partial charge in [-0.15, -0.1) is 0 Å². The predicted octanol–water partition coefficient (Wildman–Crippen LogP) is 9.61. The van der Waals surface area contributed by atoms with Gasteiger partial charge in [0.05, 0.1) is 30.5 Å². The third-order valence-corrected chi connectivity index (χ3v) is 12.1. The first-order chi connectivity index (χ1) is 19.3. The van der Waals surface area contributed by atoms with Crippen LogP contribution in [0.5, 0.6) is 0 Å². The molecule has 0 heterocycles. The monoisotopic (exact) mass is 703 g/mol. The van der Waals surface area contributed by atoms with E-state index in [1.54, 1.807) is 0 Å². The molecule has 0 spiro atoms. The fourth-order valence-electron chi connectivity index (χ4n) is 9.27. The van der Waals surface area contributed by atoms with Crippen molar-refractivity contribution < 1.29 is 21.5 Å². The minimum Gasteiger partial charge on any atom is -1.00 e. The Hall–Kier alpha value is 0.920. The Bertz CT molecular complexity index is 587. The summed E-state index contributed by atoms with van der Waals surface area (Å²) in [5.74, 6) is 5.27. The highest BCUT2D eigenvalue weighted by Crippen LogP contribution is 2.47. The van der Waals surface area contributed by atoms with Crippen molar-refractivity contribution in [1.82, 2.24) is 0 Å². The van der Waals surface area contributed by atoms with E-state index in [9.17, 15) is 0 Å². The normalized spacial score (nSPS) is 28.5. The van der Waals surface area contributed by atoms with Gasteiger partial charge in [0.1, 0.15) is 0 Å². The van der Waals surface area contributed by atoms with Crippen LogP contribution in [0.3, 0.4) is 0 Å². The molecule has 2 saturated carbocycles. The topological polar surface area (TPSA) is 0 Å². The highest BCUT2D eigenvalue weighted by molar-refractivity contribution is 9.09. The van der Waals surface area contributed by atoms with Crippen molar-refractivity contribution in [2.45, 2.75) is 189 Å². The molecule has 0 radical (unpaired) electrons. The van der Waals surface area contributed by atoms with Crippen molar-refractivity contribution in [2.75, 3.05) is 18.4 Å². The molecule has 2 rings (SSSR count). The molecule has 3 heteroatoms. The molecule has 0 saturated heterocycles. The second-order valence-corrected chi connectivity index (χ2v) is 16.4. The van der Waals surface area contributed by atoms with Crippen molar-refractivity contribution in [3.05, 3.63) is 0 Å². The summed E-state index contributed by atoms with van der Waals surface area (Å²) < 4.78 is 1.46. The van der Waals surface area contributed by atoms with Crippen molar-refractivity contribution in [2.24, 2.45) is 35.5 Å². The Labute approximate surface area is 279 Å². The van der Waals surface area contributed by atoms with E-state index >= 15 is 0 Å². The van der Waals surface area contributed by atoms with E-state index in [0.29, 0.717) is 0 Å². The highest BCUT2D eigenvalue weighted by Gasteiger charge is 2.52. The molecule has 0 aromatic carbocycles. The summed E-state index contributed by atoms with van der Waals surface area (Å²) in [4.78, 5) is 0. The van der Waals surface area contributed by atoms with Crippen LogP contribution in [0.25, 0.3) is 0 Å². The Morgan fingerprint density at radius 1 is 0.561 bits per heavy atom. The molecule has 0 aliphatic heterocycles. The maximum Gasteiger partial charge on any atom is 0.0926 e. The minimum absolute atomic E-state index is 0. The summed E-state index contributed by atoms with van der Waals surface area (Å²) in [7, 11) is 0. The summed E-state index contributed by atoms with van der Waals surface area (Å²) in [6.07, 6.45) is 29.3. The van der Waals surface area contributed by atoms with Gasteiger partial charge < -0.3 is 21.5 Å². The summed E-state index contributed by atoms with van der Waals surface area (Å²) in [6, 6.07) is 1.75. The molecule has 6 atom stereocenters. The Morgan fingerprint density at radius 2 is 0.927 bits per heavy atom. The van der Waals surface area contributed by atoms with Crippen molar-refractivity contribution in [3.63, 3.8) is 0 Å². The zero-order chi connectivity index (χ0) is 29.4. The molecule has 246 valence electrons. The van der Waals surface area contributed by atoms with Gasteiger partial charge in [0.25, 0.3) is 0 Å². The summed E-state index contributed by atoms with van der Waals surface area (Å²) in [6.45, 7) is 20.5. The van der Waals surface area contributed by atoms with Gasteiger partial charge in [-0.05, 0) is 62.2 Å². The number of hydrogen-bond donors (Lipinski definition) is 0. The lowest BCUT2D eigenvalue weighted by molar-refractivity contribution is -0.982. The zero-order valence-electron chi connectivity index (χ0n) is 29.1. The van der Waals surface area contributed by atoms with E-state index in [2.05, 4.69) is 64.4 Å². The molecule has 2 aliphatic rings. The smallest absolute Gasteiger partial charge is 0.0926 e. The maximum absolute atomic E-state index is 4.03. The number of quaternary nitrogens is 1. The fraction of sp³-hybridized carbons (Fsp3) is 1.00. The molecule has 41 heavy (non-hydrogen) atoms. The van der Waals surface area contributed by atoms with Crippen LogP contribution in [-0.2, 0) is 0 Å². The van der Waals surface area contributed by atoms with E-state index in [0.717, 1.165) is 47.6 Å². The van der Waals surface area contributed by atoms with E-state index in [4.69, 9.17) is 0 Å². The number of alkyl halides is 1. The standard InChI is InChI=1S/C38H75BrN.BrH/c1-8-9-10-11-12-13-14-15-16-17-18-19-20-21-27-40(28-26-39,37-29-33(6)22-24-35(37)31(2)3)38-30-34(7)23-25-36(38)32(4)5;/h31-38H,8-30H2,1-7H3;1H/q+1;/p-1. The lowest BCUT2D eigenvalue weighted by atomic mass is 9.67. The van der Waals surface area contributed by atoms with Crippen molar-refractivity contribution in [3.8, 4) is 0 Å². The van der Waals surface area contributed by atoms with Crippen molar-refractivity contribution in [1.29, 1.82) is 0 Å². The largest absolute Gasteiger partial charge is 1.00 e. The number of halogens is 2. The van der Waals surface area contributed by atoms with Crippen LogP contribution >= 0.6 is 15.9 Å². The quantitative estimate of drug-likeness (QED) is 0.0634. The van der Waals surface area contributed by atoms with Gasteiger partial charge in [-0.2, -0.15) is 0 Å². The maximum atomic E-state index is 4.03. The minimum atomic E-state index is 0. The molecule has 1 nitrogen and oxygen atoms in total. The molecule has 0 aromatic heterocycles. The second kappa shape index (κ2) is 22.4. The first kappa shape index (κ1) is 39.9. The number of nitrogens with zero attached hydrogens (tertiary/aromatic N) is 1. The Kier molecular flexibility index (Phi) is 21.9.